The van der Waals surface area contributed by atoms with Crippen molar-refractivity contribution in [2.75, 3.05) is 7.11 Å². The number of carbonyl (C=O) groups excluding carboxylic acids is 1. The van der Waals surface area contributed by atoms with Crippen LogP contribution in [-0.4, -0.2) is 29.3 Å². The van der Waals surface area contributed by atoms with Gasteiger partial charge in [0.1, 0.15) is 9.88 Å². The number of rotatable bonds is 5. The minimum absolute atomic E-state index is 0.00795. The van der Waals surface area contributed by atoms with Crippen LogP contribution in [-0.2, 0) is 0 Å². The van der Waals surface area contributed by atoms with Crippen molar-refractivity contribution in [2.24, 2.45) is 5.10 Å². The Kier molecular flexibility index (Phi) is 5.28. The van der Waals surface area contributed by atoms with Gasteiger partial charge in [0.25, 0.3) is 5.91 Å². The highest BCUT2D eigenvalue weighted by Gasteiger charge is 2.15. The minimum atomic E-state index is -0.323. The molecule has 0 aliphatic rings. The maximum atomic E-state index is 12.3. The first-order chi connectivity index (χ1) is 12.6. The van der Waals surface area contributed by atoms with E-state index in [0.717, 1.165) is 10.6 Å². The highest BCUT2D eigenvalue weighted by atomic mass is 32.1. The molecule has 1 amide bonds. The quantitative estimate of drug-likeness (QED) is 0.533. The lowest BCUT2D eigenvalue weighted by Gasteiger charge is -2.03. The number of aromatic hydroxyl groups is 1. The molecule has 0 aliphatic heterocycles. The second-order valence-corrected chi connectivity index (χ2v) is 6.43. The first-order valence-electron chi connectivity index (χ1n) is 7.81. The predicted molar refractivity (Wildman–Crippen MR) is 102 cm³/mol. The fraction of sp³-hybridized carbons (Fsp3) is 0.105. The number of hydrogen-bond donors (Lipinski definition) is 2. The van der Waals surface area contributed by atoms with Gasteiger partial charge in [-0.05, 0) is 30.7 Å². The second-order valence-electron chi connectivity index (χ2n) is 5.43. The molecular weight excluding hydrogens is 350 g/mol. The van der Waals surface area contributed by atoms with Crippen LogP contribution in [0, 0.1) is 6.92 Å². The Labute approximate surface area is 154 Å². The highest BCUT2D eigenvalue weighted by molar-refractivity contribution is 7.17. The summed E-state index contributed by atoms with van der Waals surface area (Å²) in [7, 11) is 1.48. The Hall–Kier alpha value is -3.19. The Morgan fingerprint density at radius 2 is 2.04 bits per heavy atom. The normalized spacial score (nSPS) is 10.8. The number of hydrogen-bond acceptors (Lipinski definition) is 6. The summed E-state index contributed by atoms with van der Waals surface area (Å²) in [4.78, 5) is 17.3. The number of ether oxygens (including phenoxy) is 1. The van der Waals surface area contributed by atoms with Crippen LogP contribution in [0.2, 0.25) is 0 Å². The summed E-state index contributed by atoms with van der Waals surface area (Å²) in [6.07, 6.45) is 1.45. The molecule has 3 aromatic rings. The van der Waals surface area contributed by atoms with Crippen LogP contribution in [0.5, 0.6) is 11.5 Å². The molecule has 0 unspecified atom stereocenters. The van der Waals surface area contributed by atoms with Gasteiger partial charge >= 0.3 is 0 Å². The Morgan fingerprint density at radius 1 is 1.27 bits per heavy atom. The van der Waals surface area contributed by atoms with Crippen LogP contribution in [0.4, 0.5) is 0 Å². The molecule has 0 saturated carbocycles. The maximum absolute atomic E-state index is 12.3. The van der Waals surface area contributed by atoms with E-state index in [1.165, 1.54) is 30.7 Å². The van der Waals surface area contributed by atoms with Gasteiger partial charge in [0.05, 0.1) is 19.0 Å². The summed E-state index contributed by atoms with van der Waals surface area (Å²) in [6, 6.07) is 14.5. The van der Waals surface area contributed by atoms with E-state index < -0.39 is 0 Å². The number of carbonyl (C=O) groups is 1. The summed E-state index contributed by atoms with van der Waals surface area (Å²) < 4.78 is 4.98. The van der Waals surface area contributed by atoms with Crippen LogP contribution >= 0.6 is 11.3 Å². The van der Waals surface area contributed by atoms with E-state index in [1.54, 1.807) is 19.1 Å². The minimum Gasteiger partial charge on any atom is -0.504 e. The smallest absolute Gasteiger partial charge is 0.283 e. The van der Waals surface area contributed by atoms with E-state index in [-0.39, 0.29) is 11.7 Å². The van der Waals surface area contributed by atoms with Crippen molar-refractivity contribution in [1.82, 2.24) is 10.4 Å². The number of phenols is 1. The van der Waals surface area contributed by atoms with E-state index in [1.807, 2.05) is 30.3 Å². The number of nitrogens with one attached hydrogen (secondary N) is 1. The largest absolute Gasteiger partial charge is 0.504 e. The molecule has 0 radical (unpaired) electrons. The van der Waals surface area contributed by atoms with Crippen molar-refractivity contribution in [2.45, 2.75) is 6.92 Å². The highest BCUT2D eigenvalue weighted by Crippen LogP contribution is 2.28. The van der Waals surface area contributed by atoms with E-state index >= 15 is 0 Å². The van der Waals surface area contributed by atoms with Crippen molar-refractivity contribution >= 4 is 23.5 Å². The molecule has 2 aromatic carbocycles. The number of aromatic nitrogens is 1. The van der Waals surface area contributed by atoms with E-state index in [9.17, 15) is 9.90 Å². The van der Waals surface area contributed by atoms with Gasteiger partial charge in [0, 0.05) is 5.56 Å². The summed E-state index contributed by atoms with van der Waals surface area (Å²) in [6.45, 7) is 1.79. The van der Waals surface area contributed by atoms with Gasteiger partial charge in [-0.25, -0.2) is 10.4 Å². The van der Waals surface area contributed by atoms with Crippen LogP contribution in [0.3, 0.4) is 0 Å². The molecule has 26 heavy (non-hydrogen) atoms. The second kappa shape index (κ2) is 7.79. The molecule has 1 aromatic heterocycles. The molecule has 0 fully saturated rings. The lowest BCUT2D eigenvalue weighted by molar-refractivity contribution is 0.0958. The number of phenolic OH excluding ortho intramolecular Hbond substituents is 1. The molecule has 3 rings (SSSR count). The SMILES string of the molecule is COc1ccc(/C=N/NC(=O)c2sc(-c3ccccc3)nc2C)cc1O. The van der Waals surface area contributed by atoms with Crippen molar-refractivity contribution < 1.29 is 14.6 Å². The summed E-state index contributed by atoms with van der Waals surface area (Å²) in [5.74, 6) is 0.0599. The fourth-order valence-corrected chi connectivity index (χ4v) is 3.28. The zero-order valence-corrected chi connectivity index (χ0v) is 15.1. The number of amides is 1. The zero-order chi connectivity index (χ0) is 18.5. The third kappa shape index (κ3) is 3.89. The number of aryl methyl sites for hydroxylation is 1. The average molecular weight is 367 g/mol. The third-order valence-corrected chi connectivity index (χ3v) is 4.81. The van der Waals surface area contributed by atoms with E-state index in [0.29, 0.717) is 21.9 Å². The van der Waals surface area contributed by atoms with Crippen molar-refractivity contribution in [3.63, 3.8) is 0 Å². The monoisotopic (exact) mass is 367 g/mol. The standard InChI is InChI=1S/C19H17N3O3S/c1-12-17(26-19(21-12)14-6-4-3-5-7-14)18(24)22-20-11-13-8-9-16(25-2)15(23)10-13/h3-11,23H,1-2H3,(H,22,24)/b20-11+. The molecule has 2 N–H and O–H groups in total. The van der Waals surface area contributed by atoms with Crippen molar-refractivity contribution in [3.8, 4) is 22.1 Å². The van der Waals surface area contributed by atoms with E-state index in [2.05, 4.69) is 15.5 Å². The molecule has 0 saturated heterocycles. The molecule has 0 atom stereocenters. The first kappa shape index (κ1) is 17.6. The van der Waals surface area contributed by atoms with Crippen molar-refractivity contribution in [3.05, 3.63) is 64.7 Å². The van der Waals surface area contributed by atoms with Crippen LogP contribution in [0.1, 0.15) is 20.9 Å². The molecule has 0 bridgehead atoms. The van der Waals surface area contributed by atoms with Crippen molar-refractivity contribution in [1.29, 1.82) is 0 Å². The first-order valence-corrected chi connectivity index (χ1v) is 8.63. The van der Waals surface area contributed by atoms with Crippen LogP contribution < -0.4 is 10.2 Å². The molecule has 0 aliphatic carbocycles. The fourth-order valence-electron chi connectivity index (χ4n) is 2.31. The van der Waals surface area contributed by atoms with Gasteiger partial charge in [-0.1, -0.05) is 30.3 Å². The molecule has 132 valence electrons. The summed E-state index contributed by atoms with van der Waals surface area (Å²) in [5.41, 5.74) is 4.75. The third-order valence-electron chi connectivity index (χ3n) is 3.61. The van der Waals surface area contributed by atoms with Gasteiger partial charge in [0.15, 0.2) is 11.5 Å². The Bertz CT molecular complexity index is 952. The average Bonchev–Trinajstić information content (AvgIpc) is 3.04. The Balaban J connectivity index is 1.70. The number of hydrazone groups is 1. The van der Waals surface area contributed by atoms with Gasteiger partial charge in [-0.15, -0.1) is 11.3 Å². The molecule has 1 heterocycles. The van der Waals surface area contributed by atoms with E-state index in [4.69, 9.17) is 4.74 Å². The lowest BCUT2D eigenvalue weighted by atomic mass is 10.2. The maximum Gasteiger partial charge on any atom is 0.283 e. The number of methoxy groups -OCH3 is 1. The number of benzene rings is 2. The van der Waals surface area contributed by atoms with Gasteiger partial charge < -0.3 is 9.84 Å². The topological polar surface area (TPSA) is 83.8 Å². The molecule has 7 heteroatoms. The molecular formula is C19H17N3O3S. The zero-order valence-electron chi connectivity index (χ0n) is 14.3. The lowest BCUT2D eigenvalue weighted by Crippen LogP contribution is -2.17. The number of thiazole rings is 1. The summed E-state index contributed by atoms with van der Waals surface area (Å²) in [5, 5.41) is 14.5. The van der Waals surface area contributed by atoms with Crippen LogP contribution in [0.25, 0.3) is 10.6 Å². The number of nitrogens with zero attached hydrogens (tertiary/aromatic N) is 2. The Morgan fingerprint density at radius 3 is 2.73 bits per heavy atom. The summed E-state index contributed by atoms with van der Waals surface area (Å²) >= 11 is 1.32. The molecule has 6 nitrogen and oxygen atoms in total. The van der Waals surface area contributed by atoms with Gasteiger partial charge in [0.2, 0.25) is 0 Å². The molecule has 0 spiro atoms. The predicted octanol–water partition coefficient (Wildman–Crippen LogP) is 3.60. The van der Waals surface area contributed by atoms with Gasteiger partial charge in [-0.2, -0.15) is 5.10 Å². The van der Waals surface area contributed by atoms with Crippen LogP contribution in [0.15, 0.2) is 53.6 Å². The van der Waals surface area contributed by atoms with Gasteiger partial charge in [-0.3, -0.25) is 4.79 Å².